The average Bonchev–Trinajstić information content (AvgIpc) is 1.66. The summed E-state index contributed by atoms with van der Waals surface area (Å²) in [5.41, 5.74) is 9.47. The number of carbonyl (C=O) groups is 4. The Morgan fingerprint density at radius 3 is 2.28 bits per heavy atom. The third kappa shape index (κ3) is 14.9. The Morgan fingerprint density at radius 1 is 0.844 bits per heavy atom. The molecule has 1 saturated heterocycles. The van der Waals surface area contributed by atoms with E-state index in [0.29, 0.717) is 42.6 Å². The van der Waals surface area contributed by atoms with Gasteiger partial charge in [0.25, 0.3) is 0 Å². The highest BCUT2D eigenvalue weighted by Crippen LogP contribution is 2.72. The molecule has 96 heavy (non-hydrogen) atoms. The lowest BCUT2D eigenvalue weighted by Crippen LogP contribution is -2.64. The van der Waals surface area contributed by atoms with Gasteiger partial charge < -0.3 is 45.6 Å². The maximum Gasteiger partial charge on any atom is 0.355 e. The molecule has 6 atom stereocenters. The molecule has 4 bridgehead atoms. The first-order valence-electron chi connectivity index (χ1n) is 34.7. The fourth-order valence-corrected chi connectivity index (χ4v) is 19.3. The Hall–Kier alpha value is -7.24. The number of fused-ring (bicyclic) bond motifs is 2. The molecular formula is C74H97N13O7S2. The zero-order chi connectivity index (χ0) is 67.9. The summed E-state index contributed by atoms with van der Waals surface area (Å²) in [6.07, 6.45) is 16.8. The lowest BCUT2D eigenvalue weighted by atomic mass is 9.39. The van der Waals surface area contributed by atoms with Gasteiger partial charge in [-0.2, -0.15) is 5.10 Å². The van der Waals surface area contributed by atoms with Gasteiger partial charge in [-0.15, -0.1) is 21.5 Å². The Morgan fingerprint density at radius 2 is 1.57 bits per heavy atom. The standard InChI is InChI=1S/C74H97N13O7S2/c1-46-53-21-20-32-85(65(53)83-82-64(46)81-69-78-56-22-17-18-23-58(56)96-69)59-30-29-54(61(79-59)68(92)93)55-36-76-87(49(55)4)44-73-39-71(8)38-72(9,40-73)42-74(41-71,43-73)94-34-33-84(10)31-19-15-13-11-12-14-16-24-60(89)80-63(70(5,6)7)67(91)86-37-52(88)35-57(86)66(90)77-47(2)50-25-27-51(28-26-50)62-48(3)75-45-95-62/h17-18,22-23,25-30,36,45,47,52,57,63,88H,11-16,19-21,24,31-35,37-44H2,1-10H3,(H,77,90)(H,80,89)(H,92,93)(H,78,81,82)/t47-,52+,57-,63+,71?,72?,73?,74?/m0/s1. The highest BCUT2D eigenvalue weighted by Gasteiger charge is 2.66. The first-order chi connectivity index (χ1) is 45.8. The Balaban J connectivity index is 0.577. The van der Waals surface area contributed by atoms with Gasteiger partial charge in [0.1, 0.15) is 17.9 Å². The van der Waals surface area contributed by atoms with Crippen LogP contribution in [0.1, 0.15) is 189 Å². The third-order valence-corrected chi connectivity index (χ3v) is 23.1. The van der Waals surface area contributed by atoms with Gasteiger partial charge in [0.15, 0.2) is 22.5 Å². The third-order valence-electron chi connectivity index (χ3n) is 21.2. The van der Waals surface area contributed by atoms with Crippen LogP contribution >= 0.6 is 22.7 Å². The van der Waals surface area contributed by atoms with Crippen molar-refractivity contribution in [2.75, 3.05) is 50.1 Å². The van der Waals surface area contributed by atoms with Gasteiger partial charge in [-0.1, -0.05) is 114 Å². The molecule has 7 aromatic rings. The van der Waals surface area contributed by atoms with Crippen molar-refractivity contribution in [2.24, 2.45) is 21.7 Å². The van der Waals surface area contributed by atoms with Crippen LogP contribution in [0.3, 0.4) is 0 Å². The molecule has 2 aliphatic heterocycles. The van der Waals surface area contributed by atoms with Gasteiger partial charge in [0.2, 0.25) is 17.7 Å². The number of carbonyl (C=O) groups excluding carboxylic acids is 3. The number of amides is 3. The lowest BCUT2D eigenvalue weighted by Gasteiger charge is -2.69. The molecule has 5 N–H and O–H groups in total. The number of anilines is 4. The van der Waals surface area contributed by atoms with Crippen LogP contribution in [0.5, 0.6) is 0 Å². The van der Waals surface area contributed by atoms with Crippen molar-refractivity contribution in [2.45, 2.75) is 208 Å². The maximum atomic E-state index is 14.3. The van der Waals surface area contributed by atoms with Crippen LogP contribution in [0.15, 0.2) is 72.4 Å². The van der Waals surface area contributed by atoms with E-state index in [1.165, 1.54) is 11.3 Å². The van der Waals surface area contributed by atoms with E-state index in [9.17, 15) is 29.4 Å². The monoisotopic (exact) mass is 1340 g/mol. The van der Waals surface area contributed by atoms with Crippen molar-refractivity contribution in [1.82, 2.24) is 55.4 Å². The number of carboxylic acids is 1. The number of carboxylic acid groups (broad SMARTS) is 1. The second-order valence-corrected chi connectivity index (χ2v) is 32.5. The molecule has 13 rings (SSSR count). The van der Waals surface area contributed by atoms with E-state index in [4.69, 9.17) is 24.9 Å². The molecule has 6 aliphatic rings. The first-order valence-corrected chi connectivity index (χ1v) is 36.4. The van der Waals surface area contributed by atoms with E-state index in [0.717, 1.165) is 169 Å². The summed E-state index contributed by atoms with van der Waals surface area (Å²) >= 11 is 3.16. The molecule has 5 fully saturated rings. The summed E-state index contributed by atoms with van der Waals surface area (Å²) in [4.78, 5) is 75.5. The number of benzene rings is 2. The number of hydrogen-bond donors (Lipinski definition) is 5. The number of nitrogens with one attached hydrogen (secondary N) is 3. The summed E-state index contributed by atoms with van der Waals surface area (Å²) < 4.78 is 10.4. The summed E-state index contributed by atoms with van der Waals surface area (Å²) in [5, 5.41) is 46.1. The number of aromatic nitrogens is 7. The molecule has 3 amide bonds. The Kier molecular flexibility index (Phi) is 20.0. The van der Waals surface area contributed by atoms with Crippen LogP contribution in [0.2, 0.25) is 0 Å². The lowest BCUT2D eigenvalue weighted by molar-refractivity contribution is -0.248. The van der Waals surface area contributed by atoms with Crippen molar-refractivity contribution >= 4 is 79.2 Å². The van der Waals surface area contributed by atoms with Gasteiger partial charge >= 0.3 is 5.97 Å². The predicted octanol–water partition coefficient (Wildman–Crippen LogP) is 13.5. The van der Waals surface area contributed by atoms with Crippen molar-refractivity contribution in [1.29, 1.82) is 0 Å². The van der Waals surface area contributed by atoms with E-state index in [-0.39, 0.29) is 64.3 Å². The molecule has 2 aromatic carbocycles. The number of nitrogens with zero attached hydrogens (tertiary/aromatic N) is 10. The number of likely N-dealkylation sites (tertiary alicyclic amines) is 1. The number of aliphatic hydroxyl groups is 1. The highest BCUT2D eigenvalue weighted by molar-refractivity contribution is 7.22. The minimum atomic E-state index is -1.10. The number of pyridine rings is 1. The van der Waals surface area contributed by atoms with E-state index in [1.807, 2.05) is 113 Å². The number of aromatic carboxylic acids is 1. The number of unbranched alkanes of at least 4 members (excludes halogenated alkanes) is 6. The first kappa shape index (κ1) is 68.7. The van der Waals surface area contributed by atoms with Crippen molar-refractivity contribution < 1.29 is 34.1 Å². The van der Waals surface area contributed by atoms with E-state index >= 15 is 0 Å². The summed E-state index contributed by atoms with van der Waals surface area (Å²) in [6, 6.07) is 17.8. The number of aliphatic hydroxyl groups excluding tert-OH is 1. The summed E-state index contributed by atoms with van der Waals surface area (Å²) in [5.74, 6) is -0.0934. The van der Waals surface area contributed by atoms with Crippen LogP contribution in [0.25, 0.3) is 31.8 Å². The number of hydrogen-bond acceptors (Lipinski definition) is 17. The van der Waals surface area contributed by atoms with Crippen LogP contribution in [-0.2, 0) is 32.1 Å². The molecular weight excluding hydrogens is 1250 g/mol. The summed E-state index contributed by atoms with van der Waals surface area (Å²) in [7, 11) is 2.20. The Bertz CT molecular complexity index is 3940. The molecule has 512 valence electrons. The van der Waals surface area contributed by atoms with E-state index in [1.54, 1.807) is 22.7 Å². The molecule has 4 saturated carbocycles. The minimum Gasteiger partial charge on any atom is -0.476 e. The molecule has 22 heteroatoms. The molecule has 2 unspecified atom stereocenters. The number of ether oxygens (including phenoxy) is 1. The molecule has 0 spiro atoms. The molecule has 20 nitrogen and oxygen atoms in total. The van der Waals surface area contributed by atoms with Gasteiger partial charge in [-0.3, -0.25) is 19.1 Å². The van der Waals surface area contributed by atoms with Crippen LogP contribution in [0.4, 0.5) is 22.6 Å². The second kappa shape index (κ2) is 27.9. The van der Waals surface area contributed by atoms with Crippen LogP contribution < -0.4 is 20.9 Å². The normalized spacial score (nSPS) is 23.6. The number of aryl methyl sites for hydroxylation is 1. The number of β-amino-alcohol motifs (C(OH)–C–C–N with tert-alkyl or cyclic N) is 1. The number of thiazole rings is 2. The highest BCUT2D eigenvalue weighted by atomic mass is 32.1. The van der Waals surface area contributed by atoms with Gasteiger partial charge in [-0.25, -0.2) is 19.7 Å². The zero-order valence-corrected chi connectivity index (χ0v) is 59.4. The largest absolute Gasteiger partial charge is 0.476 e. The fraction of sp³-hybridized carbons (Fsp3) is 0.568. The van der Waals surface area contributed by atoms with Crippen LogP contribution in [-0.4, -0.2) is 142 Å². The quantitative estimate of drug-likeness (QED) is 0.0300. The molecule has 0 radical (unpaired) electrons. The minimum absolute atomic E-state index is 0.00795. The topological polar surface area (TPSA) is 246 Å². The van der Waals surface area contributed by atoms with Gasteiger partial charge in [0.05, 0.1) is 56.8 Å². The SMILES string of the molecule is Cc1ncsc1-c1ccc([C@H](C)NC(=O)[C@@H]2C[C@@H](O)CN2C(=O)[C@@H](NC(=O)CCCCCCCCCN(C)CCOC23CC4(C)CC(C)(CC(Cn5ncc(-c6ccc(N7CCCc8c7nnc(Nc7nc9ccccc9s7)c8C)nc6C(=O)O)c5C)(C4)C2)C3)C(C)(C)C)cc1. The number of likely N-dealkylation sites (N-methyl/N-ethyl adjacent to an activating group) is 1. The van der Waals surface area contributed by atoms with Crippen molar-refractivity contribution in [3.8, 4) is 21.6 Å². The predicted molar refractivity (Wildman–Crippen MR) is 378 cm³/mol. The smallest absolute Gasteiger partial charge is 0.355 e. The maximum absolute atomic E-state index is 14.3. The number of para-hydroxylation sites is 1. The Labute approximate surface area is 572 Å². The second-order valence-electron chi connectivity index (χ2n) is 30.6. The fourth-order valence-electron chi connectivity index (χ4n) is 17.6. The van der Waals surface area contributed by atoms with Crippen LogP contribution in [0, 0.1) is 42.4 Å². The zero-order valence-electron chi connectivity index (χ0n) is 57.7. The van der Waals surface area contributed by atoms with Gasteiger partial charge in [-0.05, 0) is 163 Å². The molecule has 4 aliphatic carbocycles. The van der Waals surface area contributed by atoms with Gasteiger partial charge in [0, 0.05) is 67.0 Å². The summed E-state index contributed by atoms with van der Waals surface area (Å²) in [6.45, 7) is 22.7. The van der Waals surface area contributed by atoms with Crippen molar-refractivity contribution in [3.63, 3.8) is 0 Å². The average molecular weight is 1340 g/mol. The van der Waals surface area contributed by atoms with Crippen molar-refractivity contribution in [3.05, 3.63) is 106 Å². The number of rotatable bonds is 27. The van der Waals surface area contributed by atoms with E-state index < -0.39 is 29.6 Å². The molecule has 5 aromatic heterocycles. The molecule has 7 heterocycles. The van der Waals surface area contributed by atoms with E-state index in [2.05, 4.69) is 69.5 Å².